The van der Waals surface area contributed by atoms with Gasteiger partial charge in [0.2, 0.25) is 0 Å². The van der Waals surface area contributed by atoms with Crippen molar-refractivity contribution in [2.45, 2.75) is 0 Å². The maximum Gasteiger partial charge on any atom is 0.182 e. The second-order valence-electron chi connectivity index (χ2n) is 3.79. The Hall–Kier alpha value is -2.20. The van der Waals surface area contributed by atoms with Crippen molar-refractivity contribution in [2.24, 2.45) is 0 Å². The molecule has 2 aromatic carbocycles. The molecule has 0 aliphatic rings. The summed E-state index contributed by atoms with van der Waals surface area (Å²) in [7, 11) is 0. The summed E-state index contributed by atoms with van der Waals surface area (Å²) in [5.74, 6) is 0.583. The van der Waals surface area contributed by atoms with Gasteiger partial charge in [0, 0.05) is 10.6 Å². The van der Waals surface area contributed by atoms with Crippen LogP contribution in [0.25, 0.3) is 22.4 Å². The Morgan fingerprint density at radius 1 is 0.944 bits per heavy atom. The molecule has 0 saturated carbocycles. The second kappa shape index (κ2) is 4.23. The highest BCUT2D eigenvalue weighted by Gasteiger charge is 2.06. The van der Waals surface area contributed by atoms with Crippen LogP contribution in [0.4, 0.5) is 0 Å². The fourth-order valence-electron chi connectivity index (χ4n) is 1.67. The Labute approximate surface area is 108 Å². The number of benzene rings is 2. The van der Waals surface area contributed by atoms with E-state index >= 15 is 0 Å². The first-order valence-electron chi connectivity index (χ1n) is 5.32. The van der Waals surface area contributed by atoms with E-state index in [0.717, 1.165) is 5.56 Å². The average molecular weight is 258 g/mol. The normalized spacial score (nSPS) is 10.7. The largest absolute Gasteiger partial charge is 0.506 e. The summed E-state index contributed by atoms with van der Waals surface area (Å²) in [6.07, 6.45) is 0. The molecule has 3 rings (SSSR count). The SMILES string of the molecule is Oc1cccc2nc(-c3ccc(Cl)cc3)nnc12. The van der Waals surface area contributed by atoms with Crippen LogP contribution in [0.15, 0.2) is 42.5 Å². The van der Waals surface area contributed by atoms with Crippen molar-refractivity contribution in [2.75, 3.05) is 0 Å². The second-order valence-corrected chi connectivity index (χ2v) is 4.22. The molecule has 0 aliphatic heterocycles. The number of phenols is 1. The number of aromatic nitrogens is 3. The molecule has 0 atom stereocenters. The molecule has 0 radical (unpaired) electrons. The third kappa shape index (κ3) is 1.87. The minimum absolute atomic E-state index is 0.0788. The fraction of sp³-hybridized carbons (Fsp3) is 0. The van der Waals surface area contributed by atoms with Gasteiger partial charge in [0.25, 0.3) is 0 Å². The van der Waals surface area contributed by atoms with Crippen LogP contribution in [-0.2, 0) is 0 Å². The Balaban J connectivity index is 2.16. The highest BCUT2D eigenvalue weighted by Crippen LogP contribution is 2.23. The van der Waals surface area contributed by atoms with Crippen LogP contribution >= 0.6 is 11.6 Å². The topological polar surface area (TPSA) is 58.9 Å². The first kappa shape index (κ1) is 10.9. The van der Waals surface area contributed by atoms with E-state index in [9.17, 15) is 5.11 Å². The summed E-state index contributed by atoms with van der Waals surface area (Å²) < 4.78 is 0. The molecule has 0 aliphatic carbocycles. The van der Waals surface area contributed by atoms with E-state index in [2.05, 4.69) is 15.2 Å². The Bertz CT molecular complexity index is 713. The number of nitrogens with zero attached hydrogens (tertiary/aromatic N) is 3. The number of phenolic OH excluding ortho intramolecular Hbond substituents is 1. The molecule has 0 unspecified atom stereocenters. The summed E-state index contributed by atoms with van der Waals surface area (Å²) in [4.78, 5) is 4.36. The van der Waals surface area contributed by atoms with Crippen molar-refractivity contribution in [3.63, 3.8) is 0 Å². The quantitative estimate of drug-likeness (QED) is 0.728. The predicted molar refractivity (Wildman–Crippen MR) is 69.4 cm³/mol. The first-order chi connectivity index (χ1) is 8.74. The highest BCUT2D eigenvalue weighted by atomic mass is 35.5. The number of aromatic hydroxyl groups is 1. The maximum absolute atomic E-state index is 9.61. The minimum Gasteiger partial charge on any atom is -0.506 e. The molecular weight excluding hydrogens is 250 g/mol. The summed E-state index contributed by atoms with van der Waals surface area (Å²) in [5.41, 5.74) is 1.84. The molecule has 88 valence electrons. The predicted octanol–water partition coefficient (Wildman–Crippen LogP) is 3.05. The van der Waals surface area contributed by atoms with Gasteiger partial charge in [0.15, 0.2) is 11.3 Å². The number of rotatable bonds is 1. The number of halogens is 1. The molecule has 5 heteroatoms. The lowest BCUT2D eigenvalue weighted by Gasteiger charge is -2.02. The van der Waals surface area contributed by atoms with Crippen molar-refractivity contribution >= 4 is 22.6 Å². The molecule has 18 heavy (non-hydrogen) atoms. The van der Waals surface area contributed by atoms with Gasteiger partial charge in [-0.3, -0.25) is 0 Å². The Morgan fingerprint density at radius 3 is 2.50 bits per heavy atom. The highest BCUT2D eigenvalue weighted by molar-refractivity contribution is 6.30. The van der Waals surface area contributed by atoms with E-state index in [4.69, 9.17) is 11.6 Å². The van der Waals surface area contributed by atoms with Gasteiger partial charge in [-0.05, 0) is 36.4 Å². The fourth-order valence-corrected chi connectivity index (χ4v) is 1.79. The molecule has 0 spiro atoms. The van der Waals surface area contributed by atoms with Gasteiger partial charge in [-0.25, -0.2) is 4.98 Å². The zero-order valence-electron chi connectivity index (χ0n) is 9.21. The van der Waals surface area contributed by atoms with Crippen LogP contribution in [0.3, 0.4) is 0 Å². The standard InChI is InChI=1S/C13H8ClN3O/c14-9-6-4-8(5-7-9)13-15-10-2-1-3-11(18)12(10)16-17-13/h1-7,18H. The van der Waals surface area contributed by atoms with Crippen molar-refractivity contribution in [1.29, 1.82) is 0 Å². The minimum atomic E-state index is 0.0788. The van der Waals surface area contributed by atoms with Crippen molar-refractivity contribution in [1.82, 2.24) is 15.2 Å². The monoisotopic (exact) mass is 257 g/mol. The summed E-state index contributed by atoms with van der Waals surface area (Å²) in [6.45, 7) is 0. The van der Waals surface area contributed by atoms with E-state index < -0.39 is 0 Å². The molecule has 1 heterocycles. The van der Waals surface area contributed by atoms with E-state index in [1.165, 1.54) is 0 Å². The third-order valence-corrected chi connectivity index (χ3v) is 2.82. The van der Waals surface area contributed by atoms with Gasteiger partial charge >= 0.3 is 0 Å². The summed E-state index contributed by atoms with van der Waals surface area (Å²) in [6, 6.07) is 12.3. The summed E-state index contributed by atoms with van der Waals surface area (Å²) >= 11 is 5.83. The van der Waals surface area contributed by atoms with E-state index in [0.29, 0.717) is 21.9 Å². The van der Waals surface area contributed by atoms with Gasteiger partial charge in [-0.1, -0.05) is 17.7 Å². The van der Waals surface area contributed by atoms with Gasteiger partial charge in [-0.15, -0.1) is 10.2 Å². The molecule has 0 bridgehead atoms. The Kier molecular flexibility index (Phi) is 2.57. The van der Waals surface area contributed by atoms with Crippen LogP contribution in [0, 0.1) is 0 Å². The van der Waals surface area contributed by atoms with Crippen LogP contribution < -0.4 is 0 Å². The van der Waals surface area contributed by atoms with Crippen LogP contribution in [0.5, 0.6) is 5.75 Å². The molecule has 0 amide bonds. The molecular formula is C13H8ClN3O. The van der Waals surface area contributed by atoms with Crippen LogP contribution in [0.1, 0.15) is 0 Å². The van der Waals surface area contributed by atoms with E-state index in [1.54, 1.807) is 30.3 Å². The lowest BCUT2D eigenvalue weighted by molar-refractivity contribution is 0.479. The average Bonchev–Trinajstić information content (AvgIpc) is 2.39. The van der Waals surface area contributed by atoms with E-state index in [1.807, 2.05) is 12.1 Å². The lowest BCUT2D eigenvalue weighted by atomic mass is 10.2. The van der Waals surface area contributed by atoms with Crippen molar-refractivity contribution in [3.8, 4) is 17.1 Å². The Morgan fingerprint density at radius 2 is 1.72 bits per heavy atom. The zero-order valence-corrected chi connectivity index (χ0v) is 9.96. The lowest BCUT2D eigenvalue weighted by Crippen LogP contribution is -1.93. The van der Waals surface area contributed by atoms with Crippen molar-refractivity contribution < 1.29 is 5.11 Å². The molecule has 1 aromatic heterocycles. The van der Waals surface area contributed by atoms with Crippen LogP contribution in [-0.4, -0.2) is 20.3 Å². The number of fused-ring (bicyclic) bond motifs is 1. The van der Waals surface area contributed by atoms with E-state index in [-0.39, 0.29) is 5.75 Å². The maximum atomic E-state index is 9.61. The molecule has 0 fully saturated rings. The smallest absolute Gasteiger partial charge is 0.182 e. The van der Waals surface area contributed by atoms with Gasteiger partial charge in [0.05, 0.1) is 5.52 Å². The van der Waals surface area contributed by atoms with Gasteiger partial charge < -0.3 is 5.11 Å². The molecule has 0 saturated heterocycles. The summed E-state index contributed by atoms with van der Waals surface area (Å²) in [5, 5.41) is 18.3. The first-order valence-corrected chi connectivity index (χ1v) is 5.70. The van der Waals surface area contributed by atoms with Gasteiger partial charge in [0.1, 0.15) is 5.75 Å². The molecule has 1 N–H and O–H groups in total. The van der Waals surface area contributed by atoms with Crippen molar-refractivity contribution in [3.05, 3.63) is 47.5 Å². The third-order valence-electron chi connectivity index (χ3n) is 2.57. The van der Waals surface area contributed by atoms with Gasteiger partial charge in [-0.2, -0.15) is 0 Å². The zero-order chi connectivity index (χ0) is 12.5. The van der Waals surface area contributed by atoms with Crippen LogP contribution in [0.2, 0.25) is 5.02 Å². The number of hydrogen-bond acceptors (Lipinski definition) is 4. The molecule has 3 aromatic rings. The number of hydrogen-bond donors (Lipinski definition) is 1. The molecule has 4 nitrogen and oxygen atoms in total.